The molecule has 0 bridgehead atoms. The highest BCUT2D eigenvalue weighted by Crippen LogP contribution is 2.16. The second-order valence-corrected chi connectivity index (χ2v) is 3.52. The maximum atomic E-state index is 11.5. The van der Waals surface area contributed by atoms with E-state index in [2.05, 4.69) is 9.97 Å². The summed E-state index contributed by atoms with van der Waals surface area (Å²) in [5, 5.41) is 0. The van der Waals surface area contributed by atoms with Gasteiger partial charge in [-0.15, -0.1) is 0 Å². The Kier molecular flexibility index (Phi) is 1.86. The SMILES string of the molecule is O=c1nccc2[nH]c(-c3ccccc3)cn12. The van der Waals surface area contributed by atoms with E-state index in [9.17, 15) is 4.79 Å². The molecule has 2 aromatic heterocycles. The van der Waals surface area contributed by atoms with E-state index in [4.69, 9.17) is 0 Å². The smallest absolute Gasteiger partial charge is 0.339 e. The van der Waals surface area contributed by atoms with Crippen LogP contribution in [0.2, 0.25) is 0 Å². The summed E-state index contributed by atoms with van der Waals surface area (Å²) in [5.74, 6) is 0. The minimum atomic E-state index is -0.268. The van der Waals surface area contributed by atoms with Crippen molar-refractivity contribution in [1.29, 1.82) is 0 Å². The molecule has 0 atom stereocenters. The number of fused-ring (bicyclic) bond motifs is 1. The molecule has 4 nitrogen and oxygen atoms in total. The van der Waals surface area contributed by atoms with Gasteiger partial charge in [0, 0.05) is 12.4 Å². The normalized spacial score (nSPS) is 10.8. The first-order valence-corrected chi connectivity index (χ1v) is 4.96. The van der Waals surface area contributed by atoms with Crippen LogP contribution >= 0.6 is 0 Å². The molecule has 0 saturated heterocycles. The minimum Gasteiger partial charge on any atom is -0.339 e. The number of hydrogen-bond acceptors (Lipinski definition) is 2. The Labute approximate surface area is 91.2 Å². The molecule has 0 unspecified atom stereocenters. The first-order valence-electron chi connectivity index (χ1n) is 4.96. The molecule has 3 aromatic rings. The topological polar surface area (TPSA) is 50.2 Å². The van der Waals surface area contributed by atoms with Gasteiger partial charge in [-0.3, -0.25) is 4.40 Å². The number of H-pyrrole nitrogens is 1. The van der Waals surface area contributed by atoms with Crippen LogP contribution in [0.4, 0.5) is 0 Å². The van der Waals surface area contributed by atoms with Crippen molar-refractivity contribution in [2.75, 3.05) is 0 Å². The number of rotatable bonds is 1. The molecule has 0 aliphatic heterocycles. The van der Waals surface area contributed by atoms with Crippen LogP contribution in [0.15, 0.2) is 53.6 Å². The average molecular weight is 211 g/mol. The van der Waals surface area contributed by atoms with Crippen molar-refractivity contribution < 1.29 is 0 Å². The van der Waals surface area contributed by atoms with Gasteiger partial charge in [0.25, 0.3) is 0 Å². The van der Waals surface area contributed by atoms with E-state index in [0.717, 1.165) is 16.9 Å². The molecule has 0 radical (unpaired) electrons. The summed E-state index contributed by atoms with van der Waals surface area (Å²) in [4.78, 5) is 18.3. The highest BCUT2D eigenvalue weighted by atomic mass is 16.1. The highest BCUT2D eigenvalue weighted by Gasteiger charge is 2.03. The second kappa shape index (κ2) is 3.34. The highest BCUT2D eigenvalue weighted by molar-refractivity contribution is 5.62. The van der Waals surface area contributed by atoms with Gasteiger partial charge in [-0.25, -0.2) is 9.78 Å². The number of aromatic amines is 1. The number of aromatic nitrogens is 3. The first-order chi connectivity index (χ1) is 7.84. The van der Waals surface area contributed by atoms with Crippen molar-refractivity contribution in [3.8, 4) is 11.3 Å². The molecule has 0 aliphatic carbocycles. The lowest BCUT2D eigenvalue weighted by atomic mass is 10.2. The Hall–Kier alpha value is -2.36. The van der Waals surface area contributed by atoms with Crippen LogP contribution in [0.1, 0.15) is 0 Å². The molecule has 2 heterocycles. The van der Waals surface area contributed by atoms with Gasteiger partial charge in [0.15, 0.2) is 0 Å². The van der Waals surface area contributed by atoms with Crippen molar-refractivity contribution >= 4 is 5.65 Å². The summed E-state index contributed by atoms with van der Waals surface area (Å²) >= 11 is 0. The molecule has 16 heavy (non-hydrogen) atoms. The van der Waals surface area contributed by atoms with Gasteiger partial charge in [-0.2, -0.15) is 0 Å². The van der Waals surface area contributed by atoms with Crippen LogP contribution in [0.25, 0.3) is 16.9 Å². The molecule has 0 saturated carbocycles. The van der Waals surface area contributed by atoms with Crippen LogP contribution in [0, 0.1) is 0 Å². The van der Waals surface area contributed by atoms with Gasteiger partial charge < -0.3 is 4.98 Å². The van der Waals surface area contributed by atoms with E-state index in [0.29, 0.717) is 0 Å². The third kappa shape index (κ3) is 1.32. The van der Waals surface area contributed by atoms with Crippen molar-refractivity contribution in [2.45, 2.75) is 0 Å². The van der Waals surface area contributed by atoms with Crippen LogP contribution in [0.5, 0.6) is 0 Å². The summed E-state index contributed by atoms with van der Waals surface area (Å²) in [6.45, 7) is 0. The standard InChI is InChI=1S/C12H9N3O/c16-12-13-7-6-11-14-10(8-15(11)12)9-4-2-1-3-5-9/h1-8,14H. The predicted molar refractivity (Wildman–Crippen MR) is 61.2 cm³/mol. The molecular formula is C12H9N3O. The zero-order valence-electron chi connectivity index (χ0n) is 8.42. The second-order valence-electron chi connectivity index (χ2n) is 3.52. The monoisotopic (exact) mass is 211 g/mol. The Balaban J connectivity index is 2.28. The molecule has 0 amide bonds. The summed E-state index contributed by atoms with van der Waals surface area (Å²) in [7, 11) is 0. The fourth-order valence-corrected chi connectivity index (χ4v) is 1.71. The van der Waals surface area contributed by atoms with E-state index in [1.54, 1.807) is 12.3 Å². The lowest BCUT2D eigenvalue weighted by Crippen LogP contribution is -2.13. The fraction of sp³-hybridized carbons (Fsp3) is 0. The van der Waals surface area contributed by atoms with Crippen LogP contribution < -0.4 is 5.69 Å². The largest absolute Gasteiger partial charge is 0.353 e. The molecular weight excluding hydrogens is 202 g/mol. The van der Waals surface area contributed by atoms with E-state index in [1.807, 2.05) is 30.3 Å². The quantitative estimate of drug-likeness (QED) is 0.665. The summed E-state index contributed by atoms with van der Waals surface area (Å²) in [6, 6.07) is 11.6. The molecule has 3 rings (SSSR count). The zero-order valence-corrected chi connectivity index (χ0v) is 8.42. The van der Waals surface area contributed by atoms with E-state index in [1.165, 1.54) is 10.6 Å². The molecule has 0 fully saturated rings. The molecule has 4 heteroatoms. The zero-order chi connectivity index (χ0) is 11.0. The van der Waals surface area contributed by atoms with Crippen LogP contribution in [-0.4, -0.2) is 14.4 Å². The Morgan fingerprint density at radius 2 is 1.94 bits per heavy atom. The maximum absolute atomic E-state index is 11.5. The minimum absolute atomic E-state index is 0.268. The van der Waals surface area contributed by atoms with Gasteiger partial charge in [0.2, 0.25) is 0 Å². The van der Waals surface area contributed by atoms with E-state index >= 15 is 0 Å². The van der Waals surface area contributed by atoms with Crippen molar-refractivity contribution in [1.82, 2.24) is 14.4 Å². The average Bonchev–Trinajstić information content (AvgIpc) is 2.76. The summed E-state index contributed by atoms with van der Waals surface area (Å²) in [6.07, 6.45) is 3.27. The maximum Gasteiger partial charge on any atom is 0.353 e. The van der Waals surface area contributed by atoms with Crippen molar-refractivity contribution in [3.63, 3.8) is 0 Å². The van der Waals surface area contributed by atoms with Crippen molar-refractivity contribution in [3.05, 3.63) is 59.3 Å². The van der Waals surface area contributed by atoms with E-state index < -0.39 is 0 Å². The number of hydrogen-bond donors (Lipinski definition) is 1. The predicted octanol–water partition coefficient (Wildman–Crippen LogP) is 1.69. The van der Waals surface area contributed by atoms with Gasteiger partial charge >= 0.3 is 5.69 Å². The molecule has 78 valence electrons. The van der Waals surface area contributed by atoms with Crippen LogP contribution in [-0.2, 0) is 0 Å². The van der Waals surface area contributed by atoms with E-state index in [-0.39, 0.29) is 5.69 Å². The Morgan fingerprint density at radius 1 is 1.12 bits per heavy atom. The summed E-state index contributed by atoms with van der Waals surface area (Å²) < 4.78 is 1.50. The number of nitrogens with zero attached hydrogens (tertiary/aromatic N) is 2. The molecule has 0 spiro atoms. The van der Waals surface area contributed by atoms with Gasteiger partial charge in [0.05, 0.1) is 5.69 Å². The summed E-state index contributed by atoms with van der Waals surface area (Å²) in [5.41, 5.74) is 2.44. The van der Waals surface area contributed by atoms with Gasteiger partial charge in [-0.05, 0) is 11.6 Å². The Morgan fingerprint density at radius 3 is 2.69 bits per heavy atom. The number of imidazole rings is 1. The number of benzene rings is 1. The van der Waals surface area contributed by atoms with Gasteiger partial charge in [-0.1, -0.05) is 30.3 Å². The Bertz CT molecular complexity index is 682. The third-order valence-electron chi connectivity index (χ3n) is 2.49. The first kappa shape index (κ1) is 8.91. The lowest BCUT2D eigenvalue weighted by Gasteiger charge is -1.93. The molecule has 1 aromatic carbocycles. The molecule has 1 N–H and O–H groups in total. The number of nitrogens with one attached hydrogen (secondary N) is 1. The fourth-order valence-electron chi connectivity index (χ4n) is 1.71. The van der Waals surface area contributed by atoms with Gasteiger partial charge in [0.1, 0.15) is 5.65 Å². The lowest BCUT2D eigenvalue weighted by molar-refractivity contribution is 1.00. The van der Waals surface area contributed by atoms with Crippen molar-refractivity contribution in [2.24, 2.45) is 0 Å². The molecule has 0 aliphatic rings. The van der Waals surface area contributed by atoms with Crippen LogP contribution in [0.3, 0.4) is 0 Å². The third-order valence-corrected chi connectivity index (χ3v) is 2.49.